The largest absolute Gasteiger partial charge is 0.205 e. The highest BCUT2D eigenvalue weighted by atomic mass is 35.5. The normalized spacial score (nSPS) is 10.4. The maximum atomic E-state index is 13.2. The van der Waals surface area contributed by atoms with Crippen molar-refractivity contribution in [1.82, 2.24) is 0 Å². The molecule has 0 bridgehead atoms. The standard InChI is InChI=1S/C10H5ClFNS/c11-3-8-6(4-13)1-2-7-9(12)5-14-10(7)8/h1-2,5H,3H2. The number of hydrogen-bond donors (Lipinski definition) is 0. The number of rotatable bonds is 1. The molecule has 0 aliphatic heterocycles. The topological polar surface area (TPSA) is 23.8 Å². The molecule has 1 nitrogen and oxygen atoms in total. The molecule has 0 radical (unpaired) electrons. The zero-order valence-electron chi connectivity index (χ0n) is 7.05. The van der Waals surface area contributed by atoms with Crippen LogP contribution >= 0.6 is 22.9 Å². The summed E-state index contributed by atoms with van der Waals surface area (Å²) in [7, 11) is 0. The molecule has 4 heteroatoms. The molecule has 0 aliphatic carbocycles. The number of fused-ring (bicyclic) bond motifs is 1. The summed E-state index contributed by atoms with van der Waals surface area (Å²) >= 11 is 7.02. The molecule has 0 aliphatic rings. The molecule has 2 rings (SSSR count). The zero-order chi connectivity index (χ0) is 10.1. The number of nitriles is 1. The number of alkyl halides is 1. The molecular weight excluding hydrogens is 221 g/mol. The molecule has 0 unspecified atom stereocenters. The third-order valence-corrected chi connectivity index (χ3v) is 3.35. The van der Waals surface area contributed by atoms with Crippen molar-refractivity contribution in [1.29, 1.82) is 5.26 Å². The van der Waals surface area contributed by atoms with Gasteiger partial charge < -0.3 is 0 Å². The van der Waals surface area contributed by atoms with Gasteiger partial charge in [-0.1, -0.05) is 0 Å². The quantitative estimate of drug-likeness (QED) is 0.680. The summed E-state index contributed by atoms with van der Waals surface area (Å²) in [6.07, 6.45) is 0. The van der Waals surface area contributed by atoms with Gasteiger partial charge in [0.1, 0.15) is 5.82 Å². The molecule has 1 aromatic carbocycles. The van der Waals surface area contributed by atoms with Crippen LogP contribution in [0.2, 0.25) is 0 Å². The number of halogens is 2. The maximum absolute atomic E-state index is 13.2. The Kier molecular flexibility index (Phi) is 2.40. The summed E-state index contributed by atoms with van der Waals surface area (Å²) in [5, 5.41) is 10.8. The van der Waals surface area contributed by atoms with Gasteiger partial charge >= 0.3 is 0 Å². The van der Waals surface area contributed by atoms with Crippen molar-refractivity contribution in [3.8, 4) is 6.07 Å². The summed E-state index contributed by atoms with van der Waals surface area (Å²) in [5.74, 6) is -0.0129. The first-order valence-corrected chi connectivity index (χ1v) is 5.34. The molecule has 0 saturated carbocycles. The molecule has 0 atom stereocenters. The van der Waals surface area contributed by atoms with Crippen LogP contribution in [0.4, 0.5) is 4.39 Å². The minimum atomic E-state index is -0.249. The molecule has 2 aromatic rings. The summed E-state index contributed by atoms with van der Waals surface area (Å²) in [4.78, 5) is 0. The first-order chi connectivity index (χ1) is 6.77. The Labute approximate surface area is 89.3 Å². The lowest BCUT2D eigenvalue weighted by molar-refractivity contribution is 0.644. The average molecular weight is 226 g/mol. The van der Waals surface area contributed by atoms with E-state index in [0.717, 1.165) is 10.3 Å². The van der Waals surface area contributed by atoms with E-state index in [0.29, 0.717) is 10.9 Å². The highest BCUT2D eigenvalue weighted by Gasteiger charge is 2.10. The van der Waals surface area contributed by atoms with E-state index in [4.69, 9.17) is 16.9 Å². The van der Waals surface area contributed by atoms with Gasteiger partial charge in [0.15, 0.2) is 0 Å². The van der Waals surface area contributed by atoms with Crippen molar-refractivity contribution in [3.63, 3.8) is 0 Å². The number of benzene rings is 1. The van der Waals surface area contributed by atoms with Crippen LogP contribution in [0.15, 0.2) is 17.5 Å². The summed E-state index contributed by atoms with van der Waals surface area (Å²) in [6.45, 7) is 0. The summed E-state index contributed by atoms with van der Waals surface area (Å²) in [5.41, 5.74) is 1.25. The van der Waals surface area contributed by atoms with Gasteiger partial charge in [0.25, 0.3) is 0 Å². The Morgan fingerprint density at radius 3 is 2.93 bits per heavy atom. The van der Waals surface area contributed by atoms with Crippen LogP contribution in [0.5, 0.6) is 0 Å². The second-order valence-corrected chi connectivity index (χ2v) is 3.94. The Morgan fingerprint density at radius 2 is 2.29 bits per heavy atom. The monoisotopic (exact) mass is 225 g/mol. The van der Waals surface area contributed by atoms with Crippen LogP contribution in [0.25, 0.3) is 10.1 Å². The average Bonchev–Trinajstić information content (AvgIpc) is 2.59. The van der Waals surface area contributed by atoms with Gasteiger partial charge in [0.05, 0.1) is 17.5 Å². The van der Waals surface area contributed by atoms with Crippen LogP contribution in [0.1, 0.15) is 11.1 Å². The van der Waals surface area contributed by atoms with Crippen molar-refractivity contribution >= 4 is 33.0 Å². The smallest absolute Gasteiger partial charge is 0.141 e. The van der Waals surface area contributed by atoms with Crippen LogP contribution < -0.4 is 0 Å². The van der Waals surface area contributed by atoms with E-state index in [1.165, 1.54) is 16.7 Å². The second kappa shape index (κ2) is 3.56. The van der Waals surface area contributed by atoms with Crippen LogP contribution in [0, 0.1) is 17.1 Å². The van der Waals surface area contributed by atoms with Gasteiger partial charge in [-0.2, -0.15) is 5.26 Å². The van der Waals surface area contributed by atoms with E-state index >= 15 is 0 Å². The van der Waals surface area contributed by atoms with Gasteiger partial charge in [-0.25, -0.2) is 4.39 Å². The lowest BCUT2D eigenvalue weighted by Gasteiger charge is -2.00. The second-order valence-electron chi connectivity index (χ2n) is 2.80. The van der Waals surface area contributed by atoms with Crippen LogP contribution in [0.3, 0.4) is 0 Å². The van der Waals surface area contributed by atoms with E-state index in [2.05, 4.69) is 0 Å². The molecule has 0 N–H and O–H groups in total. The van der Waals surface area contributed by atoms with Gasteiger partial charge in [-0.3, -0.25) is 0 Å². The predicted octanol–water partition coefficient (Wildman–Crippen LogP) is 3.65. The van der Waals surface area contributed by atoms with E-state index in [-0.39, 0.29) is 11.7 Å². The summed E-state index contributed by atoms with van der Waals surface area (Å²) in [6, 6.07) is 5.28. The van der Waals surface area contributed by atoms with Crippen molar-refractivity contribution in [2.24, 2.45) is 0 Å². The predicted molar refractivity (Wildman–Crippen MR) is 56.1 cm³/mol. The minimum absolute atomic E-state index is 0.236. The van der Waals surface area contributed by atoms with Gasteiger partial charge in [-0.05, 0) is 12.1 Å². The fraction of sp³-hybridized carbons (Fsp3) is 0.100. The maximum Gasteiger partial charge on any atom is 0.141 e. The molecule has 1 heterocycles. The van der Waals surface area contributed by atoms with Crippen molar-refractivity contribution in [3.05, 3.63) is 34.5 Å². The van der Waals surface area contributed by atoms with E-state index in [1.807, 2.05) is 6.07 Å². The minimum Gasteiger partial charge on any atom is -0.205 e. The Balaban J connectivity index is 2.86. The fourth-order valence-electron chi connectivity index (χ4n) is 1.36. The first kappa shape index (κ1) is 9.45. The van der Waals surface area contributed by atoms with E-state index < -0.39 is 0 Å². The van der Waals surface area contributed by atoms with Gasteiger partial charge in [0, 0.05) is 21.0 Å². The third kappa shape index (κ3) is 1.28. The van der Waals surface area contributed by atoms with E-state index in [1.54, 1.807) is 12.1 Å². The number of thiophene rings is 1. The number of nitrogens with zero attached hydrogens (tertiary/aromatic N) is 1. The van der Waals surface area contributed by atoms with Crippen molar-refractivity contribution < 1.29 is 4.39 Å². The van der Waals surface area contributed by atoms with Gasteiger partial charge in [-0.15, -0.1) is 22.9 Å². The lowest BCUT2D eigenvalue weighted by Crippen LogP contribution is -1.86. The molecule has 0 spiro atoms. The molecule has 70 valence electrons. The fourth-order valence-corrected chi connectivity index (χ4v) is 2.68. The molecule has 0 saturated heterocycles. The highest BCUT2D eigenvalue weighted by Crippen LogP contribution is 2.30. The van der Waals surface area contributed by atoms with Crippen molar-refractivity contribution in [2.75, 3.05) is 0 Å². The zero-order valence-corrected chi connectivity index (χ0v) is 8.62. The van der Waals surface area contributed by atoms with E-state index in [9.17, 15) is 4.39 Å². The Morgan fingerprint density at radius 1 is 1.50 bits per heavy atom. The molecule has 0 fully saturated rings. The molecule has 1 aromatic heterocycles. The lowest BCUT2D eigenvalue weighted by atomic mass is 10.1. The summed E-state index contributed by atoms with van der Waals surface area (Å²) < 4.78 is 14.0. The first-order valence-electron chi connectivity index (χ1n) is 3.92. The third-order valence-electron chi connectivity index (χ3n) is 2.05. The van der Waals surface area contributed by atoms with Gasteiger partial charge in [0.2, 0.25) is 0 Å². The SMILES string of the molecule is N#Cc1ccc2c(F)csc2c1CCl. The Bertz CT molecular complexity index is 527. The van der Waals surface area contributed by atoms with Crippen LogP contribution in [-0.2, 0) is 5.88 Å². The highest BCUT2D eigenvalue weighted by molar-refractivity contribution is 7.17. The van der Waals surface area contributed by atoms with Crippen LogP contribution in [-0.4, -0.2) is 0 Å². The van der Waals surface area contributed by atoms with Crippen molar-refractivity contribution in [2.45, 2.75) is 5.88 Å². The molecular formula is C10H5ClFNS. The Hall–Kier alpha value is -1.11. The molecule has 0 amide bonds. The number of hydrogen-bond acceptors (Lipinski definition) is 2. The molecule has 14 heavy (non-hydrogen) atoms.